The van der Waals surface area contributed by atoms with E-state index in [0.717, 1.165) is 42.7 Å². The first-order valence-corrected chi connectivity index (χ1v) is 11.0. The maximum atomic E-state index is 13.2. The highest BCUT2D eigenvalue weighted by molar-refractivity contribution is 5.93. The number of nitrogens with zero attached hydrogens (tertiary/aromatic N) is 3. The minimum Gasteiger partial charge on any atom is -0.379 e. The van der Waals surface area contributed by atoms with Gasteiger partial charge in [-0.3, -0.25) is 4.79 Å². The third-order valence-electron chi connectivity index (χ3n) is 6.34. The SMILES string of the molecule is CNCc1ccccc1CC1CCN(C(=O)c2cn3cc(C)cc(C)c3n2)CC1OC. The lowest BCUT2D eigenvalue weighted by atomic mass is 9.86. The fourth-order valence-corrected chi connectivity index (χ4v) is 4.76. The van der Waals surface area contributed by atoms with E-state index in [-0.39, 0.29) is 12.0 Å². The molecule has 4 rings (SSSR count). The van der Waals surface area contributed by atoms with Crippen molar-refractivity contribution >= 4 is 11.6 Å². The average molecular weight is 421 g/mol. The molecule has 1 amide bonds. The maximum absolute atomic E-state index is 13.2. The van der Waals surface area contributed by atoms with E-state index in [2.05, 4.69) is 47.6 Å². The Balaban J connectivity index is 1.49. The van der Waals surface area contributed by atoms with Gasteiger partial charge in [-0.25, -0.2) is 4.98 Å². The second kappa shape index (κ2) is 9.20. The van der Waals surface area contributed by atoms with E-state index >= 15 is 0 Å². The van der Waals surface area contributed by atoms with Crippen molar-refractivity contribution in [3.63, 3.8) is 0 Å². The summed E-state index contributed by atoms with van der Waals surface area (Å²) in [7, 11) is 3.73. The number of aromatic nitrogens is 2. The molecule has 1 aliphatic heterocycles. The van der Waals surface area contributed by atoms with Gasteiger partial charge in [0.2, 0.25) is 0 Å². The van der Waals surface area contributed by atoms with Crippen LogP contribution in [0, 0.1) is 19.8 Å². The number of methoxy groups -OCH3 is 1. The Morgan fingerprint density at radius 2 is 2.00 bits per heavy atom. The zero-order valence-corrected chi connectivity index (χ0v) is 18.9. The number of nitrogens with one attached hydrogen (secondary N) is 1. The summed E-state index contributed by atoms with van der Waals surface area (Å²) in [6.45, 7) is 6.26. The van der Waals surface area contributed by atoms with Crippen molar-refractivity contribution in [3.05, 3.63) is 70.7 Å². The number of pyridine rings is 1. The number of imidazole rings is 1. The van der Waals surface area contributed by atoms with Gasteiger partial charge in [0.05, 0.1) is 6.10 Å². The molecular formula is C25H32N4O2. The van der Waals surface area contributed by atoms with Crippen LogP contribution in [0.15, 0.2) is 42.7 Å². The van der Waals surface area contributed by atoms with E-state index in [1.165, 1.54) is 11.1 Å². The minimum atomic E-state index is -0.0168. The lowest BCUT2D eigenvalue weighted by Gasteiger charge is -2.38. The van der Waals surface area contributed by atoms with Gasteiger partial charge < -0.3 is 19.4 Å². The van der Waals surface area contributed by atoms with Gasteiger partial charge in [0, 0.05) is 39.1 Å². The average Bonchev–Trinajstić information content (AvgIpc) is 3.19. The number of piperidine rings is 1. The molecule has 0 radical (unpaired) electrons. The number of ether oxygens (including phenoxy) is 1. The summed E-state index contributed by atoms with van der Waals surface area (Å²) in [6.07, 6.45) is 5.76. The van der Waals surface area contributed by atoms with E-state index < -0.39 is 0 Å². The van der Waals surface area contributed by atoms with E-state index in [1.807, 2.05) is 35.7 Å². The summed E-state index contributed by atoms with van der Waals surface area (Å²) in [5.41, 5.74) is 6.26. The number of amides is 1. The van der Waals surface area contributed by atoms with Crippen LogP contribution in [0.4, 0.5) is 0 Å². The Labute approximate surface area is 184 Å². The first kappa shape index (κ1) is 21.5. The Morgan fingerprint density at radius 1 is 1.23 bits per heavy atom. The standard InChI is InChI=1S/C25H32N4O2/c1-17-11-18(2)24-27-22(15-29(24)14-17)25(30)28-10-9-20(23(16-28)31-4)12-19-7-5-6-8-21(19)13-26-3/h5-8,11,14-15,20,23,26H,9-10,12-13,16H2,1-4H3. The molecule has 2 aromatic heterocycles. The summed E-state index contributed by atoms with van der Waals surface area (Å²) < 4.78 is 7.81. The van der Waals surface area contributed by atoms with E-state index in [1.54, 1.807) is 7.11 Å². The largest absolute Gasteiger partial charge is 0.379 e. The quantitative estimate of drug-likeness (QED) is 0.664. The lowest BCUT2D eigenvalue weighted by Crippen LogP contribution is -2.48. The van der Waals surface area contributed by atoms with Gasteiger partial charge in [0.15, 0.2) is 0 Å². The van der Waals surface area contributed by atoms with Crippen molar-refractivity contribution in [1.29, 1.82) is 0 Å². The van der Waals surface area contributed by atoms with Crippen LogP contribution in [0.25, 0.3) is 5.65 Å². The van der Waals surface area contributed by atoms with Crippen LogP contribution >= 0.6 is 0 Å². The maximum Gasteiger partial charge on any atom is 0.274 e. The number of hydrogen-bond donors (Lipinski definition) is 1. The molecular weight excluding hydrogens is 388 g/mol. The third kappa shape index (κ3) is 4.50. The smallest absolute Gasteiger partial charge is 0.274 e. The number of fused-ring (bicyclic) bond motifs is 1. The fraction of sp³-hybridized carbons (Fsp3) is 0.440. The molecule has 0 saturated carbocycles. The molecule has 31 heavy (non-hydrogen) atoms. The van der Waals surface area contributed by atoms with Crippen molar-refractivity contribution in [2.24, 2.45) is 5.92 Å². The van der Waals surface area contributed by atoms with Crippen LogP contribution in [-0.2, 0) is 17.7 Å². The monoisotopic (exact) mass is 420 g/mol. The number of carbonyl (C=O) groups excluding carboxylic acids is 1. The Morgan fingerprint density at radius 3 is 2.74 bits per heavy atom. The van der Waals surface area contributed by atoms with Crippen molar-refractivity contribution in [1.82, 2.24) is 19.6 Å². The molecule has 6 heteroatoms. The van der Waals surface area contributed by atoms with E-state index in [4.69, 9.17) is 4.74 Å². The van der Waals surface area contributed by atoms with Gasteiger partial charge in [-0.15, -0.1) is 0 Å². The summed E-state index contributed by atoms with van der Waals surface area (Å²) in [4.78, 5) is 19.7. The summed E-state index contributed by atoms with van der Waals surface area (Å²) in [5.74, 6) is 0.370. The van der Waals surface area contributed by atoms with Crippen LogP contribution < -0.4 is 5.32 Å². The minimum absolute atomic E-state index is 0.0151. The number of carbonyl (C=O) groups is 1. The first-order valence-electron chi connectivity index (χ1n) is 11.0. The number of likely N-dealkylation sites (tertiary alicyclic amines) is 1. The van der Waals surface area contributed by atoms with Crippen LogP contribution in [0.1, 0.15) is 39.2 Å². The molecule has 164 valence electrons. The molecule has 0 aliphatic carbocycles. The van der Waals surface area contributed by atoms with E-state index in [9.17, 15) is 4.79 Å². The van der Waals surface area contributed by atoms with Crippen LogP contribution in [-0.4, -0.2) is 53.5 Å². The zero-order chi connectivity index (χ0) is 22.0. The predicted octanol–water partition coefficient (Wildman–Crippen LogP) is 3.39. The van der Waals surface area contributed by atoms with Gasteiger partial charge in [-0.1, -0.05) is 30.3 Å². The molecule has 0 spiro atoms. The molecule has 2 unspecified atom stereocenters. The molecule has 1 saturated heterocycles. The summed E-state index contributed by atoms with van der Waals surface area (Å²) in [6, 6.07) is 10.7. The number of aryl methyl sites for hydroxylation is 2. The molecule has 1 aromatic carbocycles. The Bertz CT molecular complexity index is 1070. The van der Waals surface area contributed by atoms with Gasteiger partial charge in [-0.2, -0.15) is 0 Å². The van der Waals surface area contributed by atoms with Gasteiger partial charge in [0.25, 0.3) is 5.91 Å². The molecule has 1 aliphatic rings. The third-order valence-corrected chi connectivity index (χ3v) is 6.34. The molecule has 2 atom stereocenters. The fourth-order valence-electron chi connectivity index (χ4n) is 4.76. The second-order valence-corrected chi connectivity index (χ2v) is 8.63. The van der Waals surface area contributed by atoms with Crippen molar-refractivity contribution < 1.29 is 9.53 Å². The molecule has 6 nitrogen and oxygen atoms in total. The molecule has 0 bridgehead atoms. The Hall–Kier alpha value is -2.70. The predicted molar refractivity (Wildman–Crippen MR) is 122 cm³/mol. The van der Waals surface area contributed by atoms with Crippen molar-refractivity contribution in [2.45, 2.75) is 39.3 Å². The number of benzene rings is 1. The summed E-state index contributed by atoms with van der Waals surface area (Å²) in [5, 5.41) is 3.25. The highest BCUT2D eigenvalue weighted by Gasteiger charge is 2.33. The Kier molecular flexibility index (Phi) is 6.39. The molecule has 1 N–H and O–H groups in total. The topological polar surface area (TPSA) is 58.9 Å². The van der Waals surface area contributed by atoms with Crippen LogP contribution in [0.3, 0.4) is 0 Å². The highest BCUT2D eigenvalue weighted by atomic mass is 16.5. The van der Waals surface area contributed by atoms with Gasteiger partial charge >= 0.3 is 0 Å². The second-order valence-electron chi connectivity index (χ2n) is 8.63. The number of rotatable bonds is 6. The molecule has 3 aromatic rings. The van der Waals surface area contributed by atoms with Crippen LogP contribution in [0.5, 0.6) is 0 Å². The normalized spacial score (nSPS) is 19.2. The van der Waals surface area contributed by atoms with Gasteiger partial charge in [0.1, 0.15) is 11.3 Å². The molecule has 3 heterocycles. The van der Waals surface area contributed by atoms with Crippen molar-refractivity contribution in [3.8, 4) is 0 Å². The van der Waals surface area contributed by atoms with Crippen molar-refractivity contribution in [2.75, 3.05) is 27.2 Å². The van der Waals surface area contributed by atoms with Gasteiger partial charge in [-0.05, 0) is 61.9 Å². The first-order chi connectivity index (χ1) is 15.0. The highest BCUT2D eigenvalue weighted by Crippen LogP contribution is 2.27. The molecule has 1 fully saturated rings. The van der Waals surface area contributed by atoms with Crippen LogP contribution in [0.2, 0.25) is 0 Å². The summed E-state index contributed by atoms with van der Waals surface area (Å²) >= 11 is 0. The number of hydrogen-bond acceptors (Lipinski definition) is 4. The zero-order valence-electron chi connectivity index (χ0n) is 18.9. The lowest BCUT2D eigenvalue weighted by molar-refractivity contribution is -0.00719. The van der Waals surface area contributed by atoms with E-state index in [0.29, 0.717) is 18.2 Å².